The van der Waals surface area contributed by atoms with Crippen LogP contribution >= 0.6 is 0 Å². The van der Waals surface area contributed by atoms with Gasteiger partial charge in [-0.1, -0.05) is 29.8 Å². The third-order valence-electron chi connectivity index (χ3n) is 6.00. The molecule has 1 aliphatic heterocycles. The van der Waals surface area contributed by atoms with Gasteiger partial charge in [0.1, 0.15) is 11.3 Å². The molecule has 2 heterocycles. The van der Waals surface area contributed by atoms with Gasteiger partial charge in [-0.05, 0) is 73.9 Å². The van der Waals surface area contributed by atoms with Crippen LogP contribution in [0.1, 0.15) is 44.4 Å². The summed E-state index contributed by atoms with van der Waals surface area (Å²) >= 11 is 0. The third-order valence-corrected chi connectivity index (χ3v) is 6.00. The van der Waals surface area contributed by atoms with Crippen LogP contribution in [0.25, 0.3) is 11.0 Å². The van der Waals surface area contributed by atoms with Crippen molar-refractivity contribution in [1.82, 2.24) is 0 Å². The topological polar surface area (TPSA) is 70.8 Å². The molecule has 0 radical (unpaired) electrons. The zero-order valence-electron chi connectivity index (χ0n) is 17.5. The third kappa shape index (κ3) is 2.93. The van der Waals surface area contributed by atoms with Crippen molar-refractivity contribution in [2.45, 2.75) is 26.8 Å². The number of fused-ring (bicyclic) bond motifs is 2. The highest BCUT2D eigenvalue weighted by molar-refractivity contribution is 6.10. The number of phenols is 1. The van der Waals surface area contributed by atoms with Crippen molar-refractivity contribution < 1.29 is 14.3 Å². The molecular weight excluding hydrogens is 390 g/mol. The molecule has 1 N–H and O–H groups in total. The van der Waals surface area contributed by atoms with Crippen molar-refractivity contribution in [2.24, 2.45) is 0 Å². The van der Waals surface area contributed by atoms with Crippen LogP contribution in [0.4, 0.5) is 5.69 Å². The molecule has 4 aromatic rings. The Morgan fingerprint density at radius 3 is 2.32 bits per heavy atom. The summed E-state index contributed by atoms with van der Waals surface area (Å²) in [4.78, 5) is 28.7. The molecule has 1 aromatic heterocycles. The first kappa shape index (κ1) is 19.1. The minimum Gasteiger partial charge on any atom is -0.508 e. The van der Waals surface area contributed by atoms with Gasteiger partial charge in [-0.3, -0.25) is 14.5 Å². The highest BCUT2D eigenvalue weighted by Gasteiger charge is 2.43. The van der Waals surface area contributed by atoms with Gasteiger partial charge < -0.3 is 9.52 Å². The van der Waals surface area contributed by atoms with Gasteiger partial charge >= 0.3 is 0 Å². The lowest BCUT2D eigenvalue weighted by Crippen LogP contribution is -2.29. The molecular formula is C26H21NO4. The molecule has 31 heavy (non-hydrogen) atoms. The quantitative estimate of drug-likeness (QED) is 0.494. The maximum Gasteiger partial charge on any atom is 0.295 e. The van der Waals surface area contributed by atoms with Gasteiger partial charge in [-0.15, -0.1) is 0 Å². The van der Waals surface area contributed by atoms with Crippen LogP contribution in [0.15, 0.2) is 69.9 Å². The van der Waals surface area contributed by atoms with E-state index in [0.717, 1.165) is 22.3 Å². The van der Waals surface area contributed by atoms with E-state index in [9.17, 15) is 14.7 Å². The summed E-state index contributed by atoms with van der Waals surface area (Å²) in [6.07, 6.45) is 0. The Morgan fingerprint density at radius 2 is 1.61 bits per heavy atom. The summed E-state index contributed by atoms with van der Waals surface area (Å²) < 4.78 is 5.99. The summed E-state index contributed by atoms with van der Waals surface area (Å²) in [5.74, 6) is -0.166. The van der Waals surface area contributed by atoms with E-state index in [1.165, 1.54) is 0 Å². The van der Waals surface area contributed by atoms with E-state index in [-0.39, 0.29) is 22.8 Å². The van der Waals surface area contributed by atoms with Crippen LogP contribution in [-0.2, 0) is 0 Å². The van der Waals surface area contributed by atoms with Crippen LogP contribution in [0.2, 0.25) is 0 Å². The predicted molar refractivity (Wildman–Crippen MR) is 120 cm³/mol. The number of hydrogen-bond acceptors (Lipinski definition) is 4. The van der Waals surface area contributed by atoms with Gasteiger partial charge in [0.15, 0.2) is 5.43 Å². The summed E-state index contributed by atoms with van der Waals surface area (Å²) in [5, 5.41) is 10.2. The van der Waals surface area contributed by atoms with E-state index in [1.54, 1.807) is 41.3 Å². The highest BCUT2D eigenvalue weighted by Crippen LogP contribution is 2.41. The van der Waals surface area contributed by atoms with Crippen molar-refractivity contribution >= 4 is 22.6 Å². The summed E-state index contributed by atoms with van der Waals surface area (Å²) in [6, 6.07) is 17.1. The van der Waals surface area contributed by atoms with E-state index in [1.807, 2.05) is 45.0 Å². The first-order chi connectivity index (χ1) is 14.8. The van der Waals surface area contributed by atoms with E-state index >= 15 is 0 Å². The molecule has 0 fully saturated rings. The molecule has 1 atom stereocenters. The van der Waals surface area contributed by atoms with Gasteiger partial charge in [0, 0.05) is 5.69 Å². The summed E-state index contributed by atoms with van der Waals surface area (Å²) in [6.45, 7) is 5.91. The minimum atomic E-state index is -0.647. The Labute approximate surface area is 179 Å². The van der Waals surface area contributed by atoms with Crippen molar-refractivity contribution in [1.29, 1.82) is 0 Å². The molecule has 0 saturated carbocycles. The first-order valence-electron chi connectivity index (χ1n) is 10.1. The molecule has 0 bridgehead atoms. The maximum absolute atomic E-state index is 13.6. The number of carbonyl (C=O) groups excluding carboxylic acids is 1. The van der Waals surface area contributed by atoms with Crippen molar-refractivity contribution in [3.8, 4) is 5.75 Å². The number of phenolic OH excluding ortho intramolecular Hbond substituents is 1. The number of rotatable bonds is 2. The fourth-order valence-corrected chi connectivity index (χ4v) is 4.20. The van der Waals surface area contributed by atoms with E-state index in [0.29, 0.717) is 22.2 Å². The number of carbonyl (C=O) groups is 1. The Bertz CT molecular complexity index is 1420. The standard InChI is InChI=1S/C26H21NO4/c1-14-4-11-21-20(12-14)24(29)22-23(17-6-9-19(28)10-7-17)27(26(30)25(22)31-21)18-8-5-15(2)16(3)13-18/h4-13,23,28H,1-3H3. The fourth-order valence-electron chi connectivity index (χ4n) is 4.20. The average Bonchev–Trinajstić information content (AvgIpc) is 3.04. The molecule has 0 saturated heterocycles. The molecule has 3 aromatic carbocycles. The molecule has 5 heteroatoms. The summed E-state index contributed by atoms with van der Waals surface area (Å²) in [5.41, 5.74) is 5.03. The van der Waals surface area contributed by atoms with E-state index in [4.69, 9.17) is 4.42 Å². The molecule has 5 rings (SSSR count). The number of amides is 1. The van der Waals surface area contributed by atoms with Crippen LogP contribution in [-0.4, -0.2) is 11.0 Å². The number of benzene rings is 3. The molecule has 1 aliphatic rings. The molecule has 0 spiro atoms. The largest absolute Gasteiger partial charge is 0.508 e. The van der Waals surface area contributed by atoms with Crippen molar-refractivity contribution in [3.63, 3.8) is 0 Å². The Balaban J connectivity index is 1.82. The normalized spacial score (nSPS) is 15.5. The number of aromatic hydroxyl groups is 1. The second-order valence-corrected chi connectivity index (χ2v) is 8.11. The molecule has 0 aliphatic carbocycles. The fraction of sp³-hybridized carbons (Fsp3) is 0.154. The Morgan fingerprint density at radius 1 is 0.871 bits per heavy atom. The van der Waals surface area contributed by atoms with Crippen LogP contribution < -0.4 is 10.3 Å². The number of hydrogen-bond donors (Lipinski definition) is 1. The minimum absolute atomic E-state index is 0.0673. The monoisotopic (exact) mass is 411 g/mol. The smallest absolute Gasteiger partial charge is 0.295 e. The van der Waals surface area contributed by atoms with Gasteiger partial charge in [0.2, 0.25) is 5.76 Å². The summed E-state index contributed by atoms with van der Waals surface area (Å²) in [7, 11) is 0. The predicted octanol–water partition coefficient (Wildman–Crippen LogP) is 5.17. The van der Waals surface area contributed by atoms with Gasteiger partial charge in [-0.25, -0.2) is 0 Å². The van der Waals surface area contributed by atoms with Crippen LogP contribution in [0, 0.1) is 20.8 Å². The second kappa shape index (κ2) is 6.84. The molecule has 154 valence electrons. The lowest BCUT2D eigenvalue weighted by Gasteiger charge is -2.26. The molecule has 5 nitrogen and oxygen atoms in total. The Kier molecular flexibility index (Phi) is 4.22. The van der Waals surface area contributed by atoms with Crippen LogP contribution in [0.5, 0.6) is 5.75 Å². The number of aryl methyl sites for hydroxylation is 3. The number of nitrogens with zero attached hydrogens (tertiary/aromatic N) is 1. The Hall–Kier alpha value is -3.86. The maximum atomic E-state index is 13.6. The lowest BCUT2D eigenvalue weighted by molar-refractivity contribution is 0.0971. The lowest BCUT2D eigenvalue weighted by atomic mass is 9.97. The molecule has 1 unspecified atom stereocenters. The first-order valence-corrected chi connectivity index (χ1v) is 10.1. The average molecular weight is 411 g/mol. The van der Waals surface area contributed by atoms with Gasteiger partial charge in [0.05, 0.1) is 17.0 Å². The zero-order chi connectivity index (χ0) is 21.9. The van der Waals surface area contributed by atoms with Crippen molar-refractivity contribution in [2.75, 3.05) is 4.90 Å². The SMILES string of the molecule is Cc1ccc2oc3c(c(=O)c2c1)C(c1ccc(O)cc1)N(c1ccc(C)c(C)c1)C3=O. The van der Waals surface area contributed by atoms with Gasteiger partial charge in [0.25, 0.3) is 5.91 Å². The van der Waals surface area contributed by atoms with Gasteiger partial charge in [-0.2, -0.15) is 0 Å². The van der Waals surface area contributed by atoms with E-state index in [2.05, 4.69) is 0 Å². The zero-order valence-corrected chi connectivity index (χ0v) is 17.5. The molecule has 1 amide bonds. The second-order valence-electron chi connectivity index (χ2n) is 8.11. The number of anilines is 1. The van der Waals surface area contributed by atoms with Crippen molar-refractivity contribution in [3.05, 3.63) is 104 Å². The van der Waals surface area contributed by atoms with E-state index < -0.39 is 6.04 Å². The van der Waals surface area contributed by atoms with Crippen LogP contribution in [0.3, 0.4) is 0 Å². The highest BCUT2D eigenvalue weighted by atomic mass is 16.3.